The highest BCUT2D eigenvalue weighted by atomic mass is 16.3. The molecule has 2 heteroatoms. The van der Waals surface area contributed by atoms with Gasteiger partial charge in [0.25, 0.3) is 0 Å². The monoisotopic (exact) mass is 203 g/mol. The minimum Gasteiger partial charge on any atom is -0.392 e. The quantitative estimate of drug-likeness (QED) is 0.735. The summed E-state index contributed by atoms with van der Waals surface area (Å²) in [6.45, 7) is 6.51. The number of aliphatic hydroxyl groups excluding tert-OH is 1. The summed E-state index contributed by atoms with van der Waals surface area (Å²) >= 11 is 0. The molecule has 1 aliphatic heterocycles. The zero-order valence-corrected chi connectivity index (χ0v) is 9.46. The normalized spacial score (nSPS) is 17.7. The van der Waals surface area contributed by atoms with E-state index in [9.17, 15) is 0 Å². The lowest BCUT2D eigenvalue weighted by molar-refractivity contribution is 0.282. The fraction of sp³-hybridized carbons (Fsp3) is 0.385. The molecule has 0 atom stereocenters. The van der Waals surface area contributed by atoms with E-state index in [2.05, 4.69) is 38.2 Å². The van der Waals surface area contributed by atoms with Crippen LogP contribution in [0.5, 0.6) is 0 Å². The molecule has 2 nitrogen and oxygen atoms in total. The minimum absolute atomic E-state index is 0.00877. The average Bonchev–Trinajstić information content (AvgIpc) is 2.14. The SMILES string of the molecule is CC1=CC(C)(C)Nc2cc(CO)ccc21. The molecule has 0 aromatic heterocycles. The van der Waals surface area contributed by atoms with Gasteiger partial charge in [0.05, 0.1) is 12.1 Å². The number of hydrogen-bond acceptors (Lipinski definition) is 2. The van der Waals surface area contributed by atoms with Crippen molar-refractivity contribution >= 4 is 11.3 Å². The number of allylic oxidation sites excluding steroid dienone is 1. The van der Waals surface area contributed by atoms with Gasteiger partial charge in [0.15, 0.2) is 0 Å². The van der Waals surface area contributed by atoms with Gasteiger partial charge in [0.2, 0.25) is 0 Å². The van der Waals surface area contributed by atoms with Crippen molar-refractivity contribution in [1.82, 2.24) is 0 Å². The molecule has 1 heterocycles. The van der Waals surface area contributed by atoms with Crippen molar-refractivity contribution in [3.63, 3.8) is 0 Å². The summed E-state index contributed by atoms with van der Waals surface area (Å²) < 4.78 is 0. The van der Waals surface area contributed by atoms with Gasteiger partial charge in [-0.25, -0.2) is 0 Å². The van der Waals surface area contributed by atoms with E-state index in [0.717, 1.165) is 11.3 Å². The first-order chi connectivity index (χ1) is 7.02. The van der Waals surface area contributed by atoms with Gasteiger partial charge in [-0.1, -0.05) is 18.2 Å². The Balaban J connectivity index is 2.51. The molecule has 0 spiro atoms. The summed E-state index contributed by atoms with van der Waals surface area (Å²) in [5.41, 5.74) is 4.58. The highest BCUT2D eigenvalue weighted by molar-refractivity contribution is 5.80. The third-order valence-electron chi connectivity index (χ3n) is 2.73. The first kappa shape index (κ1) is 10.2. The van der Waals surface area contributed by atoms with Gasteiger partial charge in [0.1, 0.15) is 0 Å². The molecule has 0 radical (unpaired) electrons. The molecule has 2 N–H and O–H groups in total. The lowest BCUT2D eigenvalue weighted by Gasteiger charge is -2.31. The standard InChI is InChI=1S/C13H17NO/c1-9-7-13(2,3)14-12-6-10(8-15)4-5-11(9)12/h4-7,14-15H,8H2,1-3H3. The highest BCUT2D eigenvalue weighted by Gasteiger charge is 2.22. The molecule has 2 rings (SSSR count). The van der Waals surface area contributed by atoms with Crippen LogP contribution in [0.2, 0.25) is 0 Å². The minimum atomic E-state index is -0.00877. The van der Waals surface area contributed by atoms with Gasteiger partial charge < -0.3 is 10.4 Å². The maximum atomic E-state index is 9.09. The van der Waals surface area contributed by atoms with Crippen molar-refractivity contribution in [1.29, 1.82) is 0 Å². The highest BCUT2D eigenvalue weighted by Crippen LogP contribution is 2.33. The third-order valence-corrected chi connectivity index (χ3v) is 2.73. The fourth-order valence-corrected chi connectivity index (χ4v) is 2.14. The van der Waals surface area contributed by atoms with Crippen LogP contribution in [0.4, 0.5) is 5.69 Å². The van der Waals surface area contributed by atoms with Gasteiger partial charge >= 0.3 is 0 Å². The van der Waals surface area contributed by atoms with Crippen LogP contribution in [0.3, 0.4) is 0 Å². The van der Waals surface area contributed by atoms with E-state index in [0.29, 0.717) is 0 Å². The molecule has 0 bridgehead atoms. The van der Waals surface area contributed by atoms with E-state index < -0.39 is 0 Å². The Kier molecular flexibility index (Phi) is 2.31. The summed E-state index contributed by atoms with van der Waals surface area (Å²) in [6, 6.07) is 6.05. The summed E-state index contributed by atoms with van der Waals surface area (Å²) in [5, 5.41) is 12.5. The number of aliphatic hydroxyl groups is 1. The molecule has 0 aliphatic carbocycles. The molecule has 0 saturated heterocycles. The van der Waals surface area contributed by atoms with Crippen LogP contribution < -0.4 is 5.32 Å². The predicted molar refractivity (Wildman–Crippen MR) is 63.7 cm³/mol. The number of nitrogens with one attached hydrogen (secondary N) is 1. The van der Waals surface area contributed by atoms with Crippen molar-refractivity contribution in [2.24, 2.45) is 0 Å². The number of rotatable bonds is 1. The molecule has 1 aliphatic rings. The van der Waals surface area contributed by atoms with Crippen LogP contribution >= 0.6 is 0 Å². The second-order valence-electron chi connectivity index (χ2n) is 4.71. The van der Waals surface area contributed by atoms with Gasteiger partial charge in [-0.2, -0.15) is 0 Å². The third kappa shape index (κ3) is 1.90. The van der Waals surface area contributed by atoms with Gasteiger partial charge in [-0.3, -0.25) is 0 Å². The Hall–Kier alpha value is -1.28. The molecule has 0 saturated carbocycles. The second kappa shape index (κ2) is 3.38. The average molecular weight is 203 g/mol. The molecule has 1 aromatic carbocycles. The Morgan fingerprint density at radius 2 is 2.07 bits per heavy atom. The fourth-order valence-electron chi connectivity index (χ4n) is 2.14. The topological polar surface area (TPSA) is 32.3 Å². The zero-order valence-electron chi connectivity index (χ0n) is 9.46. The lowest BCUT2D eigenvalue weighted by Crippen LogP contribution is -2.31. The largest absolute Gasteiger partial charge is 0.392 e. The Bertz CT molecular complexity index is 419. The maximum absolute atomic E-state index is 9.09. The Labute approximate surface area is 90.6 Å². The number of fused-ring (bicyclic) bond motifs is 1. The molecule has 1 aromatic rings. The Morgan fingerprint density at radius 3 is 2.73 bits per heavy atom. The smallest absolute Gasteiger partial charge is 0.0682 e. The number of benzene rings is 1. The molecule has 0 amide bonds. The van der Waals surface area contributed by atoms with E-state index in [-0.39, 0.29) is 12.1 Å². The maximum Gasteiger partial charge on any atom is 0.0682 e. The summed E-state index contributed by atoms with van der Waals surface area (Å²) in [5.74, 6) is 0. The van der Waals surface area contributed by atoms with Crippen LogP contribution in [0.1, 0.15) is 31.9 Å². The predicted octanol–water partition coefficient (Wildman–Crippen LogP) is 2.79. The van der Waals surface area contributed by atoms with Gasteiger partial charge in [-0.05, 0) is 38.0 Å². The molecule has 0 unspecified atom stereocenters. The molecular weight excluding hydrogens is 186 g/mol. The van der Waals surface area contributed by atoms with Crippen molar-refractivity contribution < 1.29 is 5.11 Å². The van der Waals surface area contributed by atoms with Gasteiger partial charge in [-0.15, -0.1) is 0 Å². The molecule has 15 heavy (non-hydrogen) atoms. The van der Waals surface area contributed by atoms with Crippen molar-refractivity contribution in [2.75, 3.05) is 5.32 Å². The van der Waals surface area contributed by atoms with Crippen molar-refractivity contribution in [2.45, 2.75) is 32.9 Å². The van der Waals surface area contributed by atoms with Crippen LogP contribution in [0.15, 0.2) is 24.3 Å². The first-order valence-corrected chi connectivity index (χ1v) is 5.24. The first-order valence-electron chi connectivity index (χ1n) is 5.24. The van der Waals surface area contributed by atoms with E-state index in [1.165, 1.54) is 11.1 Å². The summed E-state index contributed by atoms with van der Waals surface area (Å²) in [4.78, 5) is 0. The second-order valence-corrected chi connectivity index (χ2v) is 4.71. The molecule has 0 fully saturated rings. The van der Waals surface area contributed by atoms with Crippen molar-refractivity contribution in [3.8, 4) is 0 Å². The van der Waals surface area contributed by atoms with Crippen LogP contribution in [-0.4, -0.2) is 10.6 Å². The van der Waals surface area contributed by atoms with Crippen molar-refractivity contribution in [3.05, 3.63) is 35.4 Å². The van der Waals surface area contributed by atoms with Crippen LogP contribution in [0, 0.1) is 0 Å². The van der Waals surface area contributed by atoms with E-state index >= 15 is 0 Å². The van der Waals surface area contributed by atoms with E-state index in [1.807, 2.05) is 12.1 Å². The number of hydrogen-bond donors (Lipinski definition) is 2. The Morgan fingerprint density at radius 1 is 1.33 bits per heavy atom. The van der Waals surface area contributed by atoms with E-state index in [4.69, 9.17) is 5.11 Å². The summed E-state index contributed by atoms with van der Waals surface area (Å²) in [7, 11) is 0. The summed E-state index contributed by atoms with van der Waals surface area (Å²) in [6.07, 6.45) is 2.23. The van der Waals surface area contributed by atoms with E-state index in [1.54, 1.807) is 0 Å². The number of anilines is 1. The van der Waals surface area contributed by atoms with Crippen LogP contribution in [0.25, 0.3) is 5.57 Å². The van der Waals surface area contributed by atoms with Crippen LogP contribution in [-0.2, 0) is 6.61 Å². The molecular formula is C13H17NO. The zero-order chi connectivity index (χ0) is 11.1. The van der Waals surface area contributed by atoms with Gasteiger partial charge in [0, 0.05) is 11.3 Å². The molecule has 80 valence electrons. The lowest BCUT2D eigenvalue weighted by atomic mass is 9.91.